The third kappa shape index (κ3) is 1.55. The molecular weight excluding hydrogens is 170 g/mol. The fourth-order valence-electron chi connectivity index (χ4n) is 1.17. The lowest BCUT2D eigenvalue weighted by molar-refractivity contribution is 0.266. The number of aromatic nitrogens is 2. The normalized spacial score (nSPS) is 18.2. The van der Waals surface area contributed by atoms with Gasteiger partial charge in [-0.3, -0.25) is 4.79 Å². The van der Waals surface area contributed by atoms with Gasteiger partial charge in [0.05, 0.1) is 12.1 Å². The smallest absolute Gasteiger partial charge is 0.290 e. The summed E-state index contributed by atoms with van der Waals surface area (Å²) < 4.78 is 0. The molecule has 0 radical (unpaired) electrons. The van der Waals surface area contributed by atoms with Crippen LogP contribution in [0.5, 0.6) is 0 Å². The molecule has 2 rings (SSSR count). The van der Waals surface area contributed by atoms with Gasteiger partial charge in [-0.25, -0.2) is 4.98 Å². The van der Waals surface area contributed by atoms with Gasteiger partial charge in [0.25, 0.3) is 5.56 Å². The molecular formula is C8H11N3O2. The van der Waals surface area contributed by atoms with Gasteiger partial charge in [0.1, 0.15) is 0 Å². The van der Waals surface area contributed by atoms with E-state index >= 15 is 0 Å². The lowest BCUT2D eigenvalue weighted by Crippen LogP contribution is -2.30. The average Bonchev–Trinajstić information content (AvgIpc) is 2.90. The van der Waals surface area contributed by atoms with Crippen LogP contribution in [-0.2, 0) is 0 Å². The van der Waals surface area contributed by atoms with Crippen LogP contribution in [-0.4, -0.2) is 27.2 Å². The molecule has 0 bridgehead atoms. The summed E-state index contributed by atoms with van der Waals surface area (Å²) in [4.78, 5) is 17.6. The van der Waals surface area contributed by atoms with Crippen molar-refractivity contribution in [2.24, 2.45) is 0 Å². The summed E-state index contributed by atoms with van der Waals surface area (Å²) in [6.07, 6.45) is 4.77. The van der Waals surface area contributed by atoms with E-state index in [1.54, 1.807) is 0 Å². The number of hydrogen-bond acceptors (Lipinski definition) is 4. The monoisotopic (exact) mass is 181 g/mol. The van der Waals surface area contributed by atoms with Crippen LogP contribution < -0.4 is 10.9 Å². The summed E-state index contributed by atoms with van der Waals surface area (Å²) >= 11 is 0. The standard InChI is InChI=1S/C8H11N3O2/c12-5-8(1-2-8)11-6-7(13)10-4-3-9-6/h3-4,12H,1-2,5H2,(H,9,11)(H,10,13). The first-order valence-electron chi connectivity index (χ1n) is 4.18. The molecule has 13 heavy (non-hydrogen) atoms. The Morgan fingerprint density at radius 2 is 2.46 bits per heavy atom. The van der Waals surface area contributed by atoms with Crippen molar-refractivity contribution in [1.29, 1.82) is 0 Å². The van der Waals surface area contributed by atoms with Crippen molar-refractivity contribution in [3.63, 3.8) is 0 Å². The fraction of sp³-hybridized carbons (Fsp3) is 0.500. The fourth-order valence-corrected chi connectivity index (χ4v) is 1.17. The van der Waals surface area contributed by atoms with Crippen molar-refractivity contribution in [1.82, 2.24) is 9.97 Å². The first kappa shape index (κ1) is 8.25. The summed E-state index contributed by atoms with van der Waals surface area (Å²) in [7, 11) is 0. The molecule has 0 aliphatic heterocycles. The van der Waals surface area contributed by atoms with Crippen LogP contribution in [0.25, 0.3) is 0 Å². The molecule has 3 N–H and O–H groups in total. The number of aliphatic hydroxyl groups is 1. The maximum Gasteiger partial charge on any atom is 0.290 e. The maximum absolute atomic E-state index is 11.2. The predicted molar refractivity (Wildman–Crippen MR) is 47.5 cm³/mol. The highest BCUT2D eigenvalue weighted by Gasteiger charge is 2.42. The second-order valence-electron chi connectivity index (χ2n) is 3.33. The number of nitrogens with zero attached hydrogens (tertiary/aromatic N) is 1. The molecule has 5 nitrogen and oxygen atoms in total. The highest BCUT2D eigenvalue weighted by atomic mass is 16.3. The van der Waals surface area contributed by atoms with Gasteiger partial charge < -0.3 is 15.4 Å². The Kier molecular flexibility index (Phi) is 1.81. The second-order valence-corrected chi connectivity index (χ2v) is 3.33. The molecule has 1 heterocycles. The van der Waals surface area contributed by atoms with E-state index in [0.29, 0.717) is 0 Å². The lowest BCUT2D eigenvalue weighted by Gasteiger charge is -2.13. The van der Waals surface area contributed by atoms with Gasteiger partial charge in [-0.15, -0.1) is 0 Å². The third-order valence-electron chi connectivity index (χ3n) is 2.25. The van der Waals surface area contributed by atoms with Crippen molar-refractivity contribution in [2.75, 3.05) is 11.9 Å². The Bertz CT molecular complexity index is 356. The van der Waals surface area contributed by atoms with Crippen LogP contribution in [0.15, 0.2) is 17.2 Å². The minimum atomic E-state index is -0.290. The molecule has 70 valence electrons. The molecule has 5 heteroatoms. The van der Waals surface area contributed by atoms with Gasteiger partial charge in [-0.1, -0.05) is 0 Å². The Balaban J connectivity index is 2.19. The molecule has 0 amide bonds. The molecule has 0 atom stereocenters. The number of aromatic amines is 1. The molecule has 0 unspecified atom stereocenters. The molecule has 1 fully saturated rings. The summed E-state index contributed by atoms with van der Waals surface area (Å²) in [5, 5.41) is 11.9. The summed E-state index contributed by atoms with van der Waals surface area (Å²) in [5.41, 5.74) is -0.538. The van der Waals surface area contributed by atoms with E-state index in [2.05, 4.69) is 15.3 Å². The summed E-state index contributed by atoms with van der Waals surface area (Å²) in [6.45, 7) is 0.0447. The Morgan fingerprint density at radius 1 is 1.69 bits per heavy atom. The van der Waals surface area contributed by atoms with Crippen molar-refractivity contribution in [2.45, 2.75) is 18.4 Å². The highest BCUT2D eigenvalue weighted by Crippen LogP contribution is 2.37. The Labute approximate surface area is 74.8 Å². The molecule has 1 saturated carbocycles. The summed E-state index contributed by atoms with van der Waals surface area (Å²) in [5.74, 6) is 0.286. The van der Waals surface area contributed by atoms with Crippen molar-refractivity contribution in [3.8, 4) is 0 Å². The van der Waals surface area contributed by atoms with E-state index in [4.69, 9.17) is 5.11 Å². The zero-order chi connectivity index (χ0) is 9.31. The number of hydrogen-bond donors (Lipinski definition) is 3. The van der Waals surface area contributed by atoms with Gasteiger partial charge in [0, 0.05) is 12.4 Å². The molecule has 1 aliphatic carbocycles. The molecule has 0 aromatic carbocycles. The minimum Gasteiger partial charge on any atom is -0.394 e. The van der Waals surface area contributed by atoms with Gasteiger partial charge in [-0.05, 0) is 12.8 Å². The zero-order valence-electron chi connectivity index (χ0n) is 7.08. The zero-order valence-corrected chi connectivity index (χ0v) is 7.08. The lowest BCUT2D eigenvalue weighted by atomic mass is 10.3. The second kappa shape index (κ2) is 2.85. The van der Waals surface area contributed by atoms with Crippen LogP contribution in [0, 0.1) is 0 Å². The van der Waals surface area contributed by atoms with E-state index in [0.717, 1.165) is 12.8 Å². The first-order chi connectivity index (χ1) is 6.26. The third-order valence-corrected chi connectivity index (χ3v) is 2.25. The van der Waals surface area contributed by atoms with E-state index < -0.39 is 0 Å². The number of nitrogens with one attached hydrogen (secondary N) is 2. The van der Waals surface area contributed by atoms with E-state index in [1.165, 1.54) is 12.4 Å². The van der Waals surface area contributed by atoms with Crippen LogP contribution in [0.4, 0.5) is 5.82 Å². The average molecular weight is 181 g/mol. The van der Waals surface area contributed by atoms with E-state index in [9.17, 15) is 4.79 Å². The minimum absolute atomic E-state index is 0.0447. The van der Waals surface area contributed by atoms with E-state index in [1.807, 2.05) is 0 Å². The largest absolute Gasteiger partial charge is 0.394 e. The van der Waals surface area contributed by atoms with Gasteiger partial charge in [0.15, 0.2) is 5.82 Å². The van der Waals surface area contributed by atoms with Crippen LogP contribution in [0.2, 0.25) is 0 Å². The van der Waals surface area contributed by atoms with Crippen molar-refractivity contribution in [3.05, 3.63) is 22.7 Å². The van der Waals surface area contributed by atoms with Crippen LogP contribution in [0.3, 0.4) is 0 Å². The Hall–Kier alpha value is -1.36. The number of anilines is 1. The molecule has 1 aliphatic rings. The van der Waals surface area contributed by atoms with E-state index in [-0.39, 0.29) is 23.5 Å². The number of aliphatic hydroxyl groups excluding tert-OH is 1. The number of H-pyrrole nitrogens is 1. The predicted octanol–water partition coefficient (Wildman–Crippen LogP) is -0.293. The highest BCUT2D eigenvalue weighted by molar-refractivity contribution is 5.37. The maximum atomic E-state index is 11.2. The summed E-state index contributed by atoms with van der Waals surface area (Å²) in [6, 6.07) is 0. The topological polar surface area (TPSA) is 78.0 Å². The molecule has 1 aromatic rings. The molecule has 0 spiro atoms. The van der Waals surface area contributed by atoms with Gasteiger partial charge in [0.2, 0.25) is 0 Å². The van der Waals surface area contributed by atoms with Crippen LogP contribution in [0.1, 0.15) is 12.8 Å². The molecule has 0 saturated heterocycles. The van der Waals surface area contributed by atoms with Crippen molar-refractivity contribution < 1.29 is 5.11 Å². The Morgan fingerprint density at radius 3 is 3.00 bits per heavy atom. The molecule has 1 aromatic heterocycles. The SMILES string of the molecule is O=c1[nH]ccnc1NC1(CO)CC1. The van der Waals surface area contributed by atoms with Crippen LogP contribution >= 0.6 is 0 Å². The quantitative estimate of drug-likeness (QED) is 0.598. The number of rotatable bonds is 3. The van der Waals surface area contributed by atoms with Gasteiger partial charge in [-0.2, -0.15) is 0 Å². The van der Waals surface area contributed by atoms with Gasteiger partial charge >= 0.3 is 0 Å². The first-order valence-corrected chi connectivity index (χ1v) is 4.18. The van der Waals surface area contributed by atoms with Crippen molar-refractivity contribution >= 4 is 5.82 Å².